The van der Waals surface area contributed by atoms with Gasteiger partial charge in [0.25, 0.3) is 0 Å². The van der Waals surface area contributed by atoms with Crippen LogP contribution in [0.25, 0.3) is 0 Å². The molecule has 0 bridgehead atoms. The summed E-state index contributed by atoms with van der Waals surface area (Å²) in [5.74, 6) is 1.35. The number of halogens is 1. The van der Waals surface area contributed by atoms with Gasteiger partial charge in [-0.05, 0) is 54.7 Å². The molecular formula is C15H20ClNS. The van der Waals surface area contributed by atoms with Crippen molar-refractivity contribution in [1.29, 1.82) is 0 Å². The molecule has 2 atom stereocenters. The van der Waals surface area contributed by atoms with Crippen molar-refractivity contribution >= 4 is 23.4 Å². The molecule has 3 heteroatoms. The summed E-state index contributed by atoms with van der Waals surface area (Å²) >= 11 is 8.19. The highest BCUT2D eigenvalue weighted by molar-refractivity contribution is 7.99. The van der Waals surface area contributed by atoms with E-state index in [1.807, 2.05) is 6.07 Å². The van der Waals surface area contributed by atoms with Gasteiger partial charge in [-0.1, -0.05) is 24.1 Å². The van der Waals surface area contributed by atoms with Crippen molar-refractivity contribution in [1.82, 2.24) is 5.32 Å². The maximum Gasteiger partial charge on any atom is 0.0408 e. The third-order valence-electron chi connectivity index (χ3n) is 4.05. The third kappa shape index (κ3) is 2.87. The van der Waals surface area contributed by atoms with E-state index in [1.165, 1.54) is 49.0 Å². The average Bonchev–Trinajstić information content (AvgIpc) is 2.80. The number of fused-ring (bicyclic) bond motifs is 1. The van der Waals surface area contributed by atoms with E-state index >= 15 is 0 Å². The van der Waals surface area contributed by atoms with Crippen LogP contribution in [0.15, 0.2) is 18.2 Å². The van der Waals surface area contributed by atoms with Crippen LogP contribution in [0.4, 0.5) is 0 Å². The summed E-state index contributed by atoms with van der Waals surface area (Å²) in [6.07, 6.45) is 6.61. The quantitative estimate of drug-likeness (QED) is 0.891. The Balaban J connectivity index is 1.59. The van der Waals surface area contributed by atoms with E-state index in [0.717, 1.165) is 16.8 Å². The fraction of sp³-hybridized carbons (Fsp3) is 0.600. The van der Waals surface area contributed by atoms with Gasteiger partial charge in [-0.2, -0.15) is 11.8 Å². The van der Waals surface area contributed by atoms with E-state index in [1.54, 1.807) is 0 Å². The largest absolute Gasteiger partial charge is 0.309 e. The summed E-state index contributed by atoms with van der Waals surface area (Å²) in [5.41, 5.74) is 2.91. The van der Waals surface area contributed by atoms with Gasteiger partial charge in [0, 0.05) is 22.9 Å². The van der Waals surface area contributed by atoms with Crippen molar-refractivity contribution in [2.45, 2.75) is 43.4 Å². The molecule has 1 fully saturated rings. The number of aryl methyl sites for hydroxylation is 1. The Hall–Kier alpha value is -0.180. The van der Waals surface area contributed by atoms with Gasteiger partial charge in [-0.15, -0.1) is 0 Å². The van der Waals surface area contributed by atoms with Crippen LogP contribution >= 0.6 is 23.4 Å². The predicted octanol–water partition coefficient (Wildman–Crippen LogP) is 4.20. The zero-order chi connectivity index (χ0) is 12.4. The zero-order valence-electron chi connectivity index (χ0n) is 10.6. The van der Waals surface area contributed by atoms with Gasteiger partial charge in [-0.25, -0.2) is 0 Å². The molecule has 3 rings (SSSR count). The van der Waals surface area contributed by atoms with Gasteiger partial charge in [0.1, 0.15) is 0 Å². The zero-order valence-corrected chi connectivity index (χ0v) is 12.2. The van der Waals surface area contributed by atoms with E-state index < -0.39 is 0 Å². The van der Waals surface area contributed by atoms with Crippen molar-refractivity contribution in [2.75, 3.05) is 12.3 Å². The molecule has 0 aromatic heterocycles. The molecule has 0 amide bonds. The van der Waals surface area contributed by atoms with Gasteiger partial charge in [0.15, 0.2) is 0 Å². The lowest BCUT2D eigenvalue weighted by Crippen LogP contribution is -2.29. The Kier molecular flexibility index (Phi) is 4.17. The van der Waals surface area contributed by atoms with Crippen molar-refractivity contribution in [3.05, 3.63) is 34.3 Å². The smallest absolute Gasteiger partial charge is 0.0408 e. The fourth-order valence-electron chi connectivity index (χ4n) is 3.04. The molecule has 2 aliphatic rings. The van der Waals surface area contributed by atoms with Gasteiger partial charge in [0.05, 0.1) is 0 Å². The van der Waals surface area contributed by atoms with Gasteiger partial charge < -0.3 is 5.32 Å². The number of benzene rings is 1. The fourth-order valence-corrected chi connectivity index (χ4v) is 4.49. The molecule has 1 heterocycles. The number of hydrogen-bond acceptors (Lipinski definition) is 2. The van der Waals surface area contributed by atoms with Crippen LogP contribution in [0.5, 0.6) is 0 Å². The summed E-state index contributed by atoms with van der Waals surface area (Å²) in [6, 6.07) is 6.92. The van der Waals surface area contributed by atoms with Crippen molar-refractivity contribution in [2.24, 2.45) is 0 Å². The molecule has 1 aliphatic carbocycles. The molecule has 18 heavy (non-hydrogen) atoms. The van der Waals surface area contributed by atoms with E-state index in [-0.39, 0.29) is 0 Å². The highest BCUT2D eigenvalue weighted by atomic mass is 35.5. The molecule has 1 aromatic rings. The van der Waals surface area contributed by atoms with Gasteiger partial charge in [-0.3, -0.25) is 0 Å². The maximum absolute atomic E-state index is 6.05. The second-order valence-electron chi connectivity index (χ2n) is 5.33. The van der Waals surface area contributed by atoms with Crippen LogP contribution in [-0.4, -0.2) is 17.5 Å². The number of thioether (sulfide) groups is 1. The number of hydrogen-bond donors (Lipinski definition) is 1. The van der Waals surface area contributed by atoms with Crippen molar-refractivity contribution < 1.29 is 0 Å². The van der Waals surface area contributed by atoms with Crippen LogP contribution in [0.1, 0.15) is 42.9 Å². The lowest BCUT2D eigenvalue weighted by Gasteiger charge is -2.24. The van der Waals surface area contributed by atoms with E-state index in [4.69, 9.17) is 11.6 Å². The monoisotopic (exact) mass is 281 g/mol. The minimum atomic E-state index is 0.555. The Morgan fingerprint density at radius 1 is 1.28 bits per heavy atom. The minimum Gasteiger partial charge on any atom is -0.309 e. The maximum atomic E-state index is 6.05. The van der Waals surface area contributed by atoms with Crippen LogP contribution in [0.2, 0.25) is 5.02 Å². The Bertz CT molecular complexity index is 415. The predicted molar refractivity (Wildman–Crippen MR) is 80.6 cm³/mol. The molecule has 1 aliphatic heterocycles. The first-order chi connectivity index (χ1) is 8.83. The highest BCUT2D eigenvalue weighted by Crippen LogP contribution is 2.33. The molecule has 0 saturated carbocycles. The lowest BCUT2D eigenvalue weighted by atomic mass is 10.1. The van der Waals surface area contributed by atoms with E-state index in [9.17, 15) is 0 Å². The molecule has 2 unspecified atom stereocenters. The standard InChI is InChI=1S/C15H20ClNS/c16-12-5-6-14-11(9-12)4-7-15(14)17-10-13-3-1-2-8-18-13/h5-6,9,13,15,17H,1-4,7-8,10H2. The SMILES string of the molecule is Clc1ccc2c(c1)CCC2NCC1CCCCS1. The third-order valence-corrected chi connectivity index (χ3v) is 5.68. The molecular weight excluding hydrogens is 262 g/mol. The molecule has 1 nitrogen and oxygen atoms in total. The molecule has 0 spiro atoms. The Morgan fingerprint density at radius 2 is 2.22 bits per heavy atom. The topological polar surface area (TPSA) is 12.0 Å². The first-order valence-electron chi connectivity index (χ1n) is 6.96. The van der Waals surface area contributed by atoms with Crippen molar-refractivity contribution in [3.63, 3.8) is 0 Å². The van der Waals surface area contributed by atoms with E-state index in [2.05, 4.69) is 29.2 Å². The van der Waals surface area contributed by atoms with Crippen LogP contribution < -0.4 is 5.32 Å². The highest BCUT2D eigenvalue weighted by Gasteiger charge is 2.23. The molecule has 1 aromatic carbocycles. The Morgan fingerprint density at radius 3 is 3.06 bits per heavy atom. The lowest BCUT2D eigenvalue weighted by molar-refractivity contribution is 0.508. The van der Waals surface area contributed by atoms with Crippen LogP contribution in [-0.2, 0) is 6.42 Å². The first kappa shape index (κ1) is 12.8. The van der Waals surface area contributed by atoms with Gasteiger partial charge >= 0.3 is 0 Å². The van der Waals surface area contributed by atoms with Crippen LogP contribution in [0.3, 0.4) is 0 Å². The molecule has 98 valence electrons. The summed E-state index contributed by atoms with van der Waals surface area (Å²) in [7, 11) is 0. The second kappa shape index (κ2) is 5.85. The summed E-state index contributed by atoms with van der Waals surface area (Å²) < 4.78 is 0. The van der Waals surface area contributed by atoms with Crippen LogP contribution in [0, 0.1) is 0 Å². The average molecular weight is 282 g/mol. The molecule has 1 saturated heterocycles. The summed E-state index contributed by atoms with van der Waals surface area (Å²) in [6.45, 7) is 1.16. The number of rotatable bonds is 3. The minimum absolute atomic E-state index is 0.555. The Labute approximate surface area is 119 Å². The second-order valence-corrected chi connectivity index (χ2v) is 7.18. The molecule has 1 N–H and O–H groups in total. The van der Waals surface area contributed by atoms with E-state index in [0.29, 0.717) is 6.04 Å². The van der Waals surface area contributed by atoms with Gasteiger partial charge in [0.2, 0.25) is 0 Å². The number of nitrogens with one attached hydrogen (secondary N) is 1. The summed E-state index contributed by atoms with van der Waals surface area (Å²) in [4.78, 5) is 0. The first-order valence-corrected chi connectivity index (χ1v) is 8.39. The molecule has 0 radical (unpaired) electrons. The summed E-state index contributed by atoms with van der Waals surface area (Å²) in [5, 5.41) is 5.46. The van der Waals surface area contributed by atoms with Crippen molar-refractivity contribution in [3.8, 4) is 0 Å². The normalized spacial score (nSPS) is 27.2.